The van der Waals surface area contributed by atoms with E-state index in [1.165, 1.54) is 25.1 Å². The average molecular weight is 604 g/mol. The lowest BCUT2D eigenvalue weighted by Crippen LogP contribution is -2.25. The number of thiazole rings is 1. The van der Waals surface area contributed by atoms with Crippen LogP contribution in [0.1, 0.15) is 25.6 Å². The highest BCUT2D eigenvalue weighted by molar-refractivity contribution is 7.93. The van der Waals surface area contributed by atoms with E-state index in [1.54, 1.807) is 31.2 Å². The molecule has 0 amide bonds. The summed E-state index contributed by atoms with van der Waals surface area (Å²) >= 11 is 1.04. The van der Waals surface area contributed by atoms with E-state index in [4.69, 9.17) is 19.4 Å². The molecular formula is C24H28F3N5O6S2. The van der Waals surface area contributed by atoms with Crippen molar-refractivity contribution in [1.29, 1.82) is 0 Å². The van der Waals surface area contributed by atoms with Crippen LogP contribution in [0.3, 0.4) is 0 Å². The highest BCUT2D eigenvalue weighted by Crippen LogP contribution is 2.31. The van der Waals surface area contributed by atoms with Crippen LogP contribution < -0.4 is 14.8 Å². The van der Waals surface area contributed by atoms with Crippen LogP contribution in [0.15, 0.2) is 45.6 Å². The number of nitrogens with one attached hydrogen (secondary N) is 1. The normalized spacial score (nSPS) is 13.8. The van der Waals surface area contributed by atoms with Crippen LogP contribution in [0.25, 0.3) is 0 Å². The van der Waals surface area contributed by atoms with Gasteiger partial charge < -0.3 is 19.9 Å². The van der Waals surface area contributed by atoms with Gasteiger partial charge in [0.2, 0.25) is 15.7 Å². The van der Waals surface area contributed by atoms with Gasteiger partial charge in [-0.05, 0) is 58.0 Å². The van der Waals surface area contributed by atoms with Gasteiger partial charge in [-0.3, -0.25) is 4.90 Å². The van der Waals surface area contributed by atoms with Gasteiger partial charge in [0.25, 0.3) is 0 Å². The summed E-state index contributed by atoms with van der Waals surface area (Å²) in [6.07, 6.45) is -1.26. The number of ether oxygens (including phenoxy) is 2. The standard InChI is InChI=1S/C22H27N5O4S2.C2HF3O2/c1-3-30-17-7-6-8-18(13-17)33(28,29)21-15-23-22(32-21)26-19-14-20(25-16(2)24-19)31-12-11-27-9-4-5-10-27;3-2(4,5)1(6)7/h6-8,13-15H,3-5,9-12H2,1-2H3,(H,23,24,25,26);(H,6,7). The Hall–Kier alpha value is -3.50. The third-order valence-corrected chi connectivity index (χ3v) is 8.45. The molecule has 0 bridgehead atoms. The monoisotopic (exact) mass is 603 g/mol. The van der Waals surface area contributed by atoms with Gasteiger partial charge in [0, 0.05) is 12.6 Å². The predicted molar refractivity (Wildman–Crippen MR) is 140 cm³/mol. The van der Waals surface area contributed by atoms with Crippen LogP contribution in [0.5, 0.6) is 11.6 Å². The Morgan fingerprint density at radius 2 is 1.88 bits per heavy atom. The second-order valence-corrected chi connectivity index (χ2v) is 11.6. The lowest BCUT2D eigenvalue weighted by Gasteiger charge is -2.15. The number of nitrogens with zero attached hydrogens (tertiary/aromatic N) is 4. The quantitative estimate of drug-likeness (QED) is 0.342. The molecule has 0 unspecified atom stereocenters. The van der Waals surface area contributed by atoms with Gasteiger partial charge in [-0.15, -0.1) is 0 Å². The molecule has 3 heterocycles. The maximum absolute atomic E-state index is 13.0. The van der Waals surface area contributed by atoms with E-state index >= 15 is 0 Å². The molecule has 2 aromatic heterocycles. The van der Waals surface area contributed by atoms with Crippen molar-refractivity contribution in [2.75, 3.05) is 38.2 Å². The highest BCUT2D eigenvalue weighted by atomic mass is 32.2. The molecule has 40 heavy (non-hydrogen) atoms. The van der Waals surface area contributed by atoms with E-state index in [-0.39, 0.29) is 9.10 Å². The Balaban J connectivity index is 0.000000559. The van der Waals surface area contributed by atoms with Gasteiger partial charge >= 0.3 is 12.1 Å². The smallest absolute Gasteiger partial charge is 0.490 e. The Labute approximate surface area is 232 Å². The summed E-state index contributed by atoms with van der Waals surface area (Å²) in [5, 5.41) is 10.6. The number of rotatable bonds is 10. The molecule has 1 aliphatic heterocycles. The molecule has 16 heteroatoms. The molecule has 11 nitrogen and oxygen atoms in total. The number of hydrogen-bond donors (Lipinski definition) is 2. The topological polar surface area (TPSA) is 144 Å². The van der Waals surface area contributed by atoms with Crippen LogP contribution in [-0.2, 0) is 14.6 Å². The van der Waals surface area contributed by atoms with Gasteiger partial charge in [0.1, 0.15) is 28.2 Å². The second-order valence-electron chi connectivity index (χ2n) is 8.36. The molecule has 0 aliphatic carbocycles. The molecule has 0 saturated carbocycles. The van der Waals surface area contributed by atoms with Gasteiger partial charge in [-0.1, -0.05) is 17.4 Å². The lowest BCUT2D eigenvalue weighted by atomic mass is 10.3. The fourth-order valence-corrected chi connectivity index (χ4v) is 6.00. The lowest BCUT2D eigenvalue weighted by molar-refractivity contribution is -0.192. The summed E-state index contributed by atoms with van der Waals surface area (Å²) in [6.45, 7) is 7.73. The first-order valence-electron chi connectivity index (χ1n) is 12.1. The van der Waals surface area contributed by atoms with E-state index in [0.29, 0.717) is 41.6 Å². The summed E-state index contributed by atoms with van der Waals surface area (Å²) in [7, 11) is -3.71. The van der Waals surface area contributed by atoms with Crippen molar-refractivity contribution in [3.05, 3.63) is 42.4 Å². The predicted octanol–water partition coefficient (Wildman–Crippen LogP) is 4.32. The minimum absolute atomic E-state index is 0.131. The van der Waals surface area contributed by atoms with E-state index < -0.39 is 22.0 Å². The minimum Gasteiger partial charge on any atom is -0.494 e. The van der Waals surface area contributed by atoms with Crippen molar-refractivity contribution in [2.24, 2.45) is 0 Å². The molecule has 1 aliphatic rings. The second kappa shape index (κ2) is 13.7. The van der Waals surface area contributed by atoms with Crippen LogP contribution in [0.2, 0.25) is 0 Å². The van der Waals surface area contributed by atoms with Gasteiger partial charge in [-0.2, -0.15) is 18.2 Å². The number of benzene rings is 1. The van der Waals surface area contributed by atoms with Gasteiger partial charge in [-0.25, -0.2) is 23.2 Å². The van der Waals surface area contributed by atoms with Crippen molar-refractivity contribution >= 4 is 38.1 Å². The number of halogens is 3. The number of anilines is 2. The number of aliphatic carboxylic acids is 1. The van der Waals surface area contributed by atoms with Gasteiger partial charge in [0.15, 0.2) is 5.13 Å². The Bertz CT molecular complexity index is 1400. The highest BCUT2D eigenvalue weighted by Gasteiger charge is 2.38. The number of alkyl halides is 3. The van der Waals surface area contributed by atoms with E-state index in [1.807, 2.05) is 6.92 Å². The molecular weight excluding hydrogens is 575 g/mol. The minimum atomic E-state index is -5.08. The largest absolute Gasteiger partial charge is 0.494 e. The first-order valence-corrected chi connectivity index (χ1v) is 14.4. The number of carbonyl (C=O) groups is 1. The van der Waals surface area contributed by atoms with Crippen LogP contribution in [0, 0.1) is 6.92 Å². The van der Waals surface area contributed by atoms with Crippen molar-refractivity contribution in [3.8, 4) is 11.6 Å². The van der Waals surface area contributed by atoms with Crippen molar-refractivity contribution in [2.45, 2.75) is 42.0 Å². The molecule has 0 radical (unpaired) electrons. The number of sulfone groups is 1. The summed E-state index contributed by atoms with van der Waals surface area (Å²) in [5.74, 6) is -0.729. The fourth-order valence-electron chi connectivity index (χ4n) is 3.53. The summed E-state index contributed by atoms with van der Waals surface area (Å²) in [6, 6.07) is 8.14. The molecule has 1 saturated heterocycles. The maximum atomic E-state index is 13.0. The zero-order chi connectivity index (χ0) is 29.3. The molecule has 0 atom stereocenters. The zero-order valence-electron chi connectivity index (χ0n) is 21.6. The van der Waals surface area contributed by atoms with Crippen LogP contribution >= 0.6 is 11.3 Å². The number of carboxylic acid groups (broad SMARTS) is 1. The summed E-state index contributed by atoms with van der Waals surface area (Å²) < 4.78 is 69.2. The Kier molecular flexibility index (Phi) is 10.6. The molecule has 0 spiro atoms. The SMILES string of the molecule is CCOc1cccc(S(=O)(=O)c2cnc(Nc3cc(OCCN4CCCC4)nc(C)n3)s2)c1.O=C(O)C(F)(F)F. The number of likely N-dealkylation sites (tertiary alicyclic amines) is 1. The molecule has 218 valence electrons. The van der Waals surface area contributed by atoms with E-state index in [0.717, 1.165) is 31.0 Å². The molecule has 1 aromatic carbocycles. The number of aryl methyl sites for hydroxylation is 1. The maximum Gasteiger partial charge on any atom is 0.490 e. The molecule has 4 rings (SSSR count). The van der Waals surface area contributed by atoms with Crippen molar-refractivity contribution in [1.82, 2.24) is 19.9 Å². The molecule has 3 aromatic rings. The van der Waals surface area contributed by atoms with Crippen molar-refractivity contribution in [3.63, 3.8) is 0 Å². The molecule has 2 N–H and O–H groups in total. The Morgan fingerprint density at radius 1 is 1.18 bits per heavy atom. The van der Waals surface area contributed by atoms with Crippen LogP contribution in [-0.4, -0.2) is 78.4 Å². The van der Waals surface area contributed by atoms with E-state index in [9.17, 15) is 21.6 Å². The number of aromatic nitrogens is 3. The fraction of sp³-hybridized carbons (Fsp3) is 0.417. The van der Waals surface area contributed by atoms with E-state index in [2.05, 4.69) is 25.2 Å². The third-order valence-electron chi connectivity index (χ3n) is 5.32. The average Bonchev–Trinajstić information content (AvgIpc) is 3.57. The summed E-state index contributed by atoms with van der Waals surface area (Å²) in [5.41, 5.74) is 0. The van der Waals surface area contributed by atoms with Crippen LogP contribution in [0.4, 0.5) is 24.1 Å². The zero-order valence-corrected chi connectivity index (χ0v) is 23.3. The first-order chi connectivity index (χ1) is 18.9. The van der Waals surface area contributed by atoms with Gasteiger partial charge in [0.05, 0.1) is 17.7 Å². The molecule has 1 fully saturated rings. The number of hydrogen-bond acceptors (Lipinski definition) is 11. The number of carboxylic acids is 1. The third kappa shape index (κ3) is 9.02. The Morgan fingerprint density at radius 3 is 2.52 bits per heavy atom. The van der Waals surface area contributed by atoms with Crippen molar-refractivity contribution < 1.29 is 41.0 Å². The summed E-state index contributed by atoms with van der Waals surface area (Å²) in [4.78, 5) is 24.3. The first kappa shape index (κ1) is 31.0.